The van der Waals surface area contributed by atoms with Gasteiger partial charge in [0.05, 0.1) is 32.9 Å². The Kier molecular flexibility index (Phi) is 5.48. The number of nitrogens with zero attached hydrogens (tertiary/aromatic N) is 2. The zero-order valence-electron chi connectivity index (χ0n) is 15.3. The number of carbonyl (C=O) groups is 1. The lowest BCUT2D eigenvalue weighted by Crippen LogP contribution is -2.33. The van der Waals surface area contributed by atoms with Crippen molar-refractivity contribution in [3.8, 4) is 22.1 Å². The molecule has 1 amide bonds. The molecule has 26 heavy (non-hydrogen) atoms. The molecule has 2 heterocycles. The van der Waals surface area contributed by atoms with Crippen LogP contribution in [0.3, 0.4) is 0 Å². The van der Waals surface area contributed by atoms with E-state index in [1.807, 2.05) is 35.4 Å². The zero-order chi connectivity index (χ0) is 18.7. The van der Waals surface area contributed by atoms with Crippen molar-refractivity contribution in [2.24, 2.45) is 5.41 Å². The van der Waals surface area contributed by atoms with Crippen molar-refractivity contribution in [1.82, 2.24) is 9.88 Å². The molecule has 1 N–H and O–H groups in total. The van der Waals surface area contributed by atoms with Gasteiger partial charge < -0.3 is 19.5 Å². The van der Waals surface area contributed by atoms with Gasteiger partial charge in [0.2, 0.25) is 5.91 Å². The molecular weight excluding hydrogens is 352 g/mol. The topological polar surface area (TPSA) is 71.9 Å². The summed E-state index contributed by atoms with van der Waals surface area (Å²) < 4.78 is 10.6. The molecule has 1 aliphatic rings. The molecule has 0 aliphatic carbocycles. The van der Waals surface area contributed by atoms with Gasteiger partial charge in [0, 0.05) is 29.4 Å². The minimum Gasteiger partial charge on any atom is -0.493 e. The average molecular weight is 376 g/mol. The smallest absolute Gasteiger partial charge is 0.228 e. The number of rotatable bonds is 6. The van der Waals surface area contributed by atoms with E-state index in [-0.39, 0.29) is 24.3 Å². The third-order valence-electron chi connectivity index (χ3n) is 4.81. The van der Waals surface area contributed by atoms with Gasteiger partial charge in [-0.3, -0.25) is 4.79 Å². The highest BCUT2D eigenvalue weighted by atomic mass is 32.1. The van der Waals surface area contributed by atoms with Crippen molar-refractivity contribution in [1.29, 1.82) is 0 Å². The summed E-state index contributed by atoms with van der Waals surface area (Å²) in [5, 5.41) is 12.2. The predicted molar refractivity (Wildman–Crippen MR) is 101 cm³/mol. The van der Waals surface area contributed by atoms with Crippen LogP contribution in [0.5, 0.6) is 11.5 Å². The van der Waals surface area contributed by atoms with Gasteiger partial charge >= 0.3 is 0 Å². The summed E-state index contributed by atoms with van der Waals surface area (Å²) in [5.41, 5.74) is 1.52. The largest absolute Gasteiger partial charge is 0.493 e. The van der Waals surface area contributed by atoms with Crippen LogP contribution in [0.25, 0.3) is 10.6 Å². The first kappa shape index (κ1) is 18.7. The van der Waals surface area contributed by atoms with Gasteiger partial charge in [-0.1, -0.05) is 6.92 Å². The average Bonchev–Trinajstić information content (AvgIpc) is 3.28. The Morgan fingerprint density at radius 2 is 2.12 bits per heavy atom. The molecule has 1 unspecified atom stereocenters. The fourth-order valence-electron chi connectivity index (χ4n) is 3.12. The number of methoxy groups -OCH3 is 2. The zero-order valence-corrected chi connectivity index (χ0v) is 16.1. The molecule has 1 atom stereocenters. The Morgan fingerprint density at radius 3 is 2.77 bits per heavy atom. The lowest BCUT2D eigenvalue weighted by atomic mass is 9.91. The molecule has 1 aliphatic heterocycles. The standard InChI is InChI=1S/C19H24N2O4S/c1-19(12-22)6-7-21(11-19)17(23)9-14-10-26-18(20-14)13-4-5-15(24-2)16(8-13)25-3/h4-5,8,10,22H,6-7,9,11-12H2,1-3H3. The minimum absolute atomic E-state index is 0.0614. The molecule has 1 saturated heterocycles. The molecule has 0 spiro atoms. The van der Waals surface area contributed by atoms with E-state index in [1.165, 1.54) is 11.3 Å². The van der Waals surface area contributed by atoms with Crippen LogP contribution in [0.2, 0.25) is 0 Å². The number of carbonyl (C=O) groups excluding carboxylic acids is 1. The van der Waals surface area contributed by atoms with Crippen LogP contribution in [0, 0.1) is 5.41 Å². The van der Waals surface area contributed by atoms with Crippen molar-refractivity contribution in [3.05, 3.63) is 29.3 Å². The van der Waals surface area contributed by atoms with E-state index in [2.05, 4.69) is 4.98 Å². The second-order valence-electron chi connectivity index (χ2n) is 6.92. The number of benzene rings is 1. The SMILES string of the molecule is COc1ccc(-c2nc(CC(=O)N3CCC(C)(CO)C3)cs2)cc1OC. The summed E-state index contributed by atoms with van der Waals surface area (Å²) in [7, 11) is 3.20. The summed E-state index contributed by atoms with van der Waals surface area (Å²) >= 11 is 1.51. The van der Waals surface area contributed by atoms with Crippen LogP contribution < -0.4 is 9.47 Å². The van der Waals surface area contributed by atoms with Crippen molar-refractivity contribution >= 4 is 17.2 Å². The normalized spacial score (nSPS) is 19.6. The first-order valence-corrected chi connectivity index (χ1v) is 9.41. The van der Waals surface area contributed by atoms with Crippen molar-refractivity contribution in [2.45, 2.75) is 19.8 Å². The van der Waals surface area contributed by atoms with Crippen LogP contribution in [0.4, 0.5) is 0 Å². The summed E-state index contributed by atoms with van der Waals surface area (Å²) in [6.07, 6.45) is 1.12. The van der Waals surface area contributed by atoms with Gasteiger partial charge in [-0.2, -0.15) is 0 Å². The minimum atomic E-state index is -0.178. The number of hydrogen-bond acceptors (Lipinski definition) is 6. The third kappa shape index (κ3) is 3.83. The molecule has 0 bridgehead atoms. The van der Waals surface area contributed by atoms with Gasteiger partial charge in [-0.15, -0.1) is 11.3 Å². The first-order valence-electron chi connectivity index (χ1n) is 8.53. The number of ether oxygens (including phenoxy) is 2. The number of aliphatic hydroxyl groups excluding tert-OH is 1. The second kappa shape index (κ2) is 7.63. The Labute approximate surface area is 157 Å². The van der Waals surface area contributed by atoms with Crippen LogP contribution in [0.15, 0.2) is 23.6 Å². The highest BCUT2D eigenvalue weighted by molar-refractivity contribution is 7.13. The molecule has 3 rings (SSSR count). The molecule has 7 heteroatoms. The summed E-state index contributed by atoms with van der Waals surface area (Å²) in [6.45, 7) is 3.42. The van der Waals surface area contributed by atoms with E-state index in [4.69, 9.17) is 9.47 Å². The highest BCUT2D eigenvalue weighted by Crippen LogP contribution is 2.34. The number of aliphatic hydroxyl groups is 1. The Hall–Kier alpha value is -2.12. The molecule has 6 nitrogen and oxygen atoms in total. The number of aromatic nitrogens is 1. The molecule has 1 aromatic carbocycles. The van der Waals surface area contributed by atoms with E-state index in [0.717, 1.165) is 22.7 Å². The van der Waals surface area contributed by atoms with Gasteiger partial charge in [-0.05, 0) is 24.6 Å². The van der Waals surface area contributed by atoms with Crippen molar-refractivity contribution in [3.63, 3.8) is 0 Å². The van der Waals surface area contributed by atoms with Crippen LogP contribution in [-0.4, -0.2) is 54.8 Å². The van der Waals surface area contributed by atoms with E-state index < -0.39 is 0 Å². The van der Waals surface area contributed by atoms with Gasteiger partial charge in [-0.25, -0.2) is 4.98 Å². The Morgan fingerprint density at radius 1 is 1.35 bits per heavy atom. The monoisotopic (exact) mass is 376 g/mol. The van der Waals surface area contributed by atoms with Gasteiger partial charge in [0.25, 0.3) is 0 Å². The highest BCUT2D eigenvalue weighted by Gasteiger charge is 2.35. The van der Waals surface area contributed by atoms with E-state index in [0.29, 0.717) is 24.6 Å². The Bertz CT molecular complexity index is 792. The Balaban J connectivity index is 1.70. The number of amides is 1. The summed E-state index contributed by atoms with van der Waals surface area (Å²) in [5.74, 6) is 1.38. The summed E-state index contributed by atoms with van der Waals surface area (Å²) in [6, 6.07) is 5.66. The molecule has 2 aromatic rings. The maximum Gasteiger partial charge on any atom is 0.228 e. The molecule has 0 radical (unpaired) electrons. The number of hydrogen-bond donors (Lipinski definition) is 1. The van der Waals surface area contributed by atoms with E-state index >= 15 is 0 Å². The number of likely N-dealkylation sites (tertiary alicyclic amines) is 1. The molecule has 140 valence electrons. The van der Waals surface area contributed by atoms with Crippen molar-refractivity contribution < 1.29 is 19.4 Å². The van der Waals surface area contributed by atoms with E-state index in [9.17, 15) is 9.90 Å². The summed E-state index contributed by atoms with van der Waals surface area (Å²) in [4.78, 5) is 19.0. The fourth-order valence-corrected chi connectivity index (χ4v) is 3.94. The molecule has 0 saturated carbocycles. The van der Waals surface area contributed by atoms with E-state index in [1.54, 1.807) is 14.2 Å². The molecule has 1 fully saturated rings. The third-order valence-corrected chi connectivity index (χ3v) is 5.75. The maximum absolute atomic E-state index is 12.5. The number of thiazole rings is 1. The first-order chi connectivity index (χ1) is 12.5. The lowest BCUT2D eigenvalue weighted by molar-refractivity contribution is -0.129. The fraction of sp³-hybridized carbons (Fsp3) is 0.474. The van der Waals surface area contributed by atoms with Crippen LogP contribution in [0.1, 0.15) is 19.0 Å². The van der Waals surface area contributed by atoms with Crippen molar-refractivity contribution in [2.75, 3.05) is 33.9 Å². The predicted octanol–water partition coefficient (Wildman–Crippen LogP) is 2.60. The van der Waals surface area contributed by atoms with Gasteiger partial charge in [0.15, 0.2) is 11.5 Å². The second-order valence-corrected chi connectivity index (χ2v) is 7.78. The van der Waals surface area contributed by atoms with Crippen LogP contribution in [-0.2, 0) is 11.2 Å². The van der Waals surface area contributed by atoms with Crippen LogP contribution >= 0.6 is 11.3 Å². The lowest BCUT2D eigenvalue weighted by Gasteiger charge is -2.21. The van der Waals surface area contributed by atoms with Gasteiger partial charge in [0.1, 0.15) is 5.01 Å². The maximum atomic E-state index is 12.5. The molecular formula is C19H24N2O4S. The molecule has 1 aromatic heterocycles. The quantitative estimate of drug-likeness (QED) is 0.839.